The molecule has 0 bridgehead atoms. The van der Waals surface area contributed by atoms with Crippen molar-refractivity contribution in [1.82, 2.24) is 35.0 Å². The third-order valence-electron chi connectivity index (χ3n) is 5.36. The van der Waals surface area contributed by atoms with Crippen molar-refractivity contribution < 1.29 is 23.1 Å². The maximum Gasteiger partial charge on any atom is 0.275 e. The summed E-state index contributed by atoms with van der Waals surface area (Å²) in [6.45, 7) is -0.0848. The van der Waals surface area contributed by atoms with Gasteiger partial charge in [0.2, 0.25) is 0 Å². The van der Waals surface area contributed by atoms with Gasteiger partial charge in [-0.25, -0.2) is 13.5 Å². The van der Waals surface area contributed by atoms with E-state index in [0.717, 1.165) is 10.4 Å². The van der Waals surface area contributed by atoms with Crippen molar-refractivity contribution in [2.45, 2.75) is 24.9 Å². The van der Waals surface area contributed by atoms with Gasteiger partial charge < -0.3 is 15.0 Å². The van der Waals surface area contributed by atoms with E-state index in [1.54, 1.807) is 23.9 Å². The number of methoxy groups -OCH3 is 1. The van der Waals surface area contributed by atoms with Gasteiger partial charge in [-0.3, -0.25) is 14.3 Å². The van der Waals surface area contributed by atoms with Crippen LogP contribution in [0.5, 0.6) is 0 Å². The van der Waals surface area contributed by atoms with Crippen LogP contribution in [0.2, 0.25) is 0 Å². The number of para-hydroxylation sites is 1. The van der Waals surface area contributed by atoms with Gasteiger partial charge in [-0.15, -0.1) is 5.10 Å². The number of rotatable bonds is 7. The van der Waals surface area contributed by atoms with Crippen LogP contribution in [0.4, 0.5) is 8.78 Å². The van der Waals surface area contributed by atoms with E-state index < -0.39 is 36.7 Å². The smallest absolute Gasteiger partial charge is 0.275 e. The molecular formula is C20H23F2N7O3. The molecule has 0 aliphatic carbocycles. The molecule has 1 fully saturated rings. The molecule has 0 radical (unpaired) electrons. The highest BCUT2D eigenvalue weighted by Crippen LogP contribution is 2.34. The number of halogens is 2. The molecule has 10 nitrogen and oxygen atoms in total. The third-order valence-corrected chi connectivity index (χ3v) is 5.36. The van der Waals surface area contributed by atoms with E-state index in [0.29, 0.717) is 18.5 Å². The zero-order chi connectivity index (χ0) is 22.9. The van der Waals surface area contributed by atoms with E-state index in [2.05, 4.69) is 20.7 Å². The molecule has 32 heavy (non-hydrogen) atoms. The molecule has 4 rings (SSSR count). The average molecular weight is 447 g/mol. The largest absolute Gasteiger partial charge is 0.383 e. The van der Waals surface area contributed by atoms with Crippen LogP contribution in [0.25, 0.3) is 10.9 Å². The predicted molar refractivity (Wildman–Crippen MR) is 109 cm³/mol. The number of hydrogen-bond donors (Lipinski definition) is 1. The lowest BCUT2D eigenvalue weighted by Crippen LogP contribution is -2.39. The van der Waals surface area contributed by atoms with Gasteiger partial charge in [-0.05, 0) is 6.07 Å². The number of benzene rings is 1. The molecule has 0 spiro atoms. The molecule has 1 aromatic carbocycles. The summed E-state index contributed by atoms with van der Waals surface area (Å²) in [7, 11) is 3.21. The molecule has 170 valence electrons. The number of alkyl halides is 2. The van der Waals surface area contributed by atoms with E-state index in [1.807, 2.05) is 12.1 Å². The number of aryl methyl sites for hydroxylation is 1. The Morgan fingerprint density at radius 2 is 2.09 bits per heavy atom. The van der Waals surface area contributed by atoms with E-state index >= 15 is 0 Å². The highest BCUT2D eigenvalue weighted by Gasteiger charge is 2.48. The van der Waals surface area contributed by atoms with Gasteiger partial charge in [0, 0.05) is 32.5 Å². The molecule has 1 N–H and O–H groups in total. The third kappa shape index (κ3) is 4.31. The highest BCUT2D eigenvalue weighted by atomic mass is 19.3. The molecule has 0 saturated carbocycles. The van der Waals surface area contributed by atoms with Crippen LogP contribution in [0.1, 0.15) is 27.4 Å². The fourth-order valence-electron chi connectivity index (χ4n) is 3.87. The molecule has 0 unspecified atom stereocenters. The summed E-state index contributed by atoms with van der Waals surface area (Å²) < 4.78 is 36.3. The normalized spacial score (nSPS) is 17.8. The lowest BCUT2D eigenvalue weighted by Gasteiger charge is -2.23. The monoisotopic (exact) mass is 447 g/mol. The van der Waals surface area contributed by atoms with Gasteiger partial charge in [0.1, 0.15) is 0 Å². The Balaban J connectivity index is 1.53. The van der Waals surface area contributed by atoms with E-state index in [4.69, 9.17) is 4.74 Å². The number of carbonyl (C=O) groups is 2. The standard InChI is InChI=1S/C20H23F2N7O3/c1-27-16-6-4-3-5-14(16)17(25-27)19(31)29-12-20(21,22)9-13(29)10-28-11-15(24-26-28)18(30)23-7-8-32-2/h3-6,11,13H,7-10,12H2,1-2H3,(H,23,30)/t13-/m0/s1. The van der Waals surface area contributed by atoms with Crippen LogP contribution < -0.4 is 5.32 Å². The van der Waals surface area contributed by atoms with Gasteiger partial charge in [0.05, 0.1) is 37.5 Å². The lowest BCUT2D eigenvalue weighted by molar-refractivity contribution is 0.0117. The van der Waals surface area contributed by atoms with Gasteiger partial charge in [-0.2, -0.15) is 5.10 Å². The van der Waals surface area contributed by atoms with Crippen molar-refractivity contribution in [3.63, 3.8) is 0 Å². The summed E-state index contributed by atoms with van der Waals surface area (Å²) in [6, 6.07) is 6.31. The Hall–Kier alpha value is -3.41. The Labute approximate surface area is 182 Å². The van der Waals surface area contributed by atoms with Gasteiger partial charge >= 0.3 is 0 Å². The number of nitrogens with one attached hydrogen (secondary N) is 1. The molecule has 1 atom stereocenters. The second-order valence-corrected chi connectivity index (χ2v) is 7.71. The van der Waals surface area contributed by atoms with Crippen LogP contribution in [-0.2, 0) is 18.3 Å². The zero-order valence-corrected chi connectivity index (χ0v) is 17.7. The molecule has 3 aromatic rings. The lowest BCUT2D eigenvalue weighted by atomic mass is 10.1. The summed E-state index contributed by atoms with van der Waals surface area (Å²) in [5.41, 5.74) is 0.917. The van der Waals surface area contributed by atoms with Crippen LogP contribution in [0.15, 0.2) is 30.5 Å². The van der Waals surface area contributed by atoms with Crippen LogP contribution in [-0.4, -0.2) is 80.3 Å². The Morgan fingerprint density at radius 1 is 1.31 bits per heavy atom. The SMILES string of the molecule is COCCNC(=O)c1cn(C[C@@H]2CC(F)(F)CN2C(=O)c2nn(C)c3ccccc23)nn1. The first-order valence-electron chi connectivity index (χ1n) is 10.1. The van der Waals surface area contributed by atoms with Crippen molar-refractivity contribution in [3.05, 3.63) is 41.9 Å². The number of carbonyl (C=O) groups excluding carboxylic acids is 2. The number of hydrogen-bond acceptors (Lipinski definition) is 6. The van der Waals surface area contributed by atoms with Crippen LogP contribution >= 0.6 is 0 Å². The maximum atomic E-state index is 14.3. The molecule has 1 saturated heterocycles. The predicted octanol–water partition coefficient (Wildman–Crippen LogP) is 1.09. The summed E-state index contributed by atoms with van der Waals surface area (Å²) in [4.78, 5) is 26.4. The molecule has 3 heterocycles. The molecule has 1 aliphatic heterocycles. The molecular weight excluding hydrogens is 424 g/mol. The van der Waals surface area contributed by atoms with E-state index in [1.165, 1.54) is 18.0 Å². The number of fused-ring (bicyclic) bond motifs is 1. The molecule has 2 amide bonds. The van der Waals surface area contributed by atoms with Gasteiger partial charge in [-0.1, -0.05) is 23.4 Å². The van der Waals surface area contributed by atoms with E-state index in [-0.39, 0.29) is 17.9 Å². The van der Waals surface area contributed by atoms with Gasteiger partial charge in [0.25, 0.3) is 17.7 Å². The van der Waals surface area contributed by atoms with Crippen LogP contribution in [0, 0.1) is 0 Å². The van der Waals surface area contributed by atoms with Crippen molar-refractivity contribution in [1.29, 1.82) is 0 Å². The van der Waals surface area contributed by atoms with Crippen molar-refractivity contribution in [2.75, 3.05) is 26.8 Å². The second-order valence-electron chi connectivity index (χ2n) is 7.71. The van der Waals surface area contributed by atoms with Crippen LogP contribution in [0.3, 0.4) is 0 Å². The topological polar surface area (TPSA) is 107 Å². The minimum atomic E-state index is -3.04. The quantitative estimate of drug-likeness (QED) is 0.544. The Kier molecular flexibility index (Phi) is 5.87. The van der Waals surface area contributed by atoms with Crippen molar-refractivity contribution >= 4 is 22.7 Å². The van der Waals surface area contributed by atoms with Crippen molar-refractivity contribution in [2.24, 2.45) is 7.05 Å². The maximum absolute atomic E-state index is 14.3. The Morgan fingerprint density at radius 3 is 2.88 bits per heavy atom. The second kappa shape index (κ2) is 8.61. The Bertz CT molecular complexity index is 1140. The van der Waals surface area contributed by atoms with E-state index in [9.17, 15) is 18.4 Å². The average Bonchev–Trinajstić information content (AvgIpc) is 3.44. The minimum Gasteiger partial charge on any atom is -0.383 e. The highest BCUT2D eigenvalue weighted by molar-refractivity contribution is 6.05. The summed E-state index contributed by atoms with van der Waals surface area (Å²) >= 11 is 0. The molecule has 2 aromatic heterocycles. The summed E-state index contributed by atoms with van der Waals surface area (Å²) in [6.07, 6.45) is 0.857. The fraction of sp³-hybridized carbons (Fsp3) is 0.450. The first kappa shape index (κ1) is 21.8. The minimum absolute atomic E-state index is 0.0234. The first-order chi connectivity index (χ1) is 15.3. The first-order valence-corrected chi connectivity index (χ1v) is 10.1. The van der Waals surface area contributed by atoms with Crippen molar-refractivity contribution in [3.8, 4) is 0 Å². The number of ether oxygens (including phenoxy) is 1. The summed E-state index contributed by atoms with van der Waals surface area (Å²) in [5, 5.41) is 15.2. The van der Waals surface area contributed by atoms with Gasteiger partial charge in [0.15, 0.2) is 11.4 Å². The number of likely N-dealkylation sites (tertiary alicyclic amines) is 1. The zero-order valence-electron chi connectivity index (χ0n) is 17.7. The number of aromatic nitrogens is 5. The molecule has 1 aliphatic rings. The number of nitrogens with zero attached hydrogens (tertiary/aromatic N) is 6. The summed E-state index contributed by atoms with van der Waals surface area (Å²) in [5.74, 6) is -4.05. The molecule has 12 heteroatoms. The number of amides is 2. The fourth-order valence-corrected chi connectivity index (χ4v) is 3.87.